The summed E-state index contributed by atoms with van der Waals surface area (Å²) in [5, 5.41) is 9.48. The first-order valence-electron chi connectivity index (χ1n) is 9.11. The van der Waals surface area contributed by atoms with Gasteiger partial charge in [-0.3, -0.25) is 9.59 Å². The van der Waals surface area contributed by atoms with Crippen LogP contribution in [-0.4, -0.2) is 40.5 Å². The summed E-state index contributed by atoms with van der Waals surface area (Å²) in [5.41, 5.74) is -8.42. The number of fused-ring (bicyclic) bond motifs is 5. The van der Waals surface area contributed by atoms with Crippen LogP contribution >= 0.6 is 0 Å². The van der Waals surface area contributed by atoms with E-state index < -0.39 is 58.4 Å². The zero-order valence-corrected chi connectivity index (χ0v) is 15.8. The van der Waals surface area contributed by atoms with Crippen molar-refractivity contribution < 1.29 is 45.8 Å². The Balaban J connectivity index is 1.71. The number of alkyl halides is 6. The number of rotatable bonds is 2. The molecule has 30 heavy (non-hydrogen) atoms. The fourth-order valence-corrected chi connectivity index (χ4v) is 5.06. The van der Waals surface area contributed by atoms with Crippen molar-refractivity contribution in [1.29, 1.82) is 0 Å². The molecule has 0 aliphatic carbocycles. The largest absolute Gasteiger partial charge is 0.430 e. The summed E-state index contributed by atoms with van der Waals surface area (Å²) in [6, 6.07) is 2.42. The van der Waals surface area contributed by atoms with Gasteiger partial charge in [0.05, 0.1) is 28.7 Å². The van der Waals surface area contributed by atoms with Gasteiger partial charge < -0.3 is 9.84 Å². The Morgan fingerprint density at radius 3 is 1.67 bits per heavy atom. The maximum absolute atomic E-state index is 13.0. The van der Waals surface area contributed by atoms with Crippen molar-refractivity contribution in [3.8, 4) is 0 Å². The number of hydrogen-bond donors (Lipinski definition) is 1. The lowest BCUT2D eigenvalue weighted by atomic mass is 9.69. The van der Waals surface area contributed by atoms with Crippen LogP contribution in [0.4, 0.5) is 32.0 Å². The summed E-state index contributed by atoms with van der Waals surface area (Å²) in [7, 11) is 0. The van der Waals surface area contributed by atoms with Crippen molar-refractivity contribution in [3.05, 3.63) is 29.8 Å². The van der Waals surface area contributed by atoms with E-state index in [2.05, 4.69) is 0 Å². The van der Waals surface area contributed by atoms with E-state index >= 15 is 0 Å². The van der Waals surface area contributed by atoms with Gasteiger partial charge in [-0.15, -0.1) is 0 Å². The van der Waals surface area contributed by atoms with Gasteiger partial charge in [-0.05, 0) is 38.8 Å². The molecular formula is C19H17F6NO4. The molecule has 164 valence electrons. The predicted molar refractivity (Wildman–Crippen MR) is 89.1 cm³/mol. The molecule has 3 fully saturated rings. The van der Waals surface area contributed by atoms with Crippen LogP contribution < -0.4 is 4.90 Å². The lowest BCUT2D eigenvalue weighted by Crippen LogP contribution is -2.53. The molecular weight excluding hydrogens is 420 g/mol. The Hall–Kier alpha value is -2.14. The van der Waals surface area contributed by atoms with Crippen molar-refractivity contribution in [3.63, 3.8) is 0 Å². The second-order valence-corrected chi connectivity index (χ2v) is 8.45. The normalized spacial score (nSPS) is 34.1. The van der Waals surface area contributed by atoms with Crippen molar-refractivity contribution in [2.45, 2.75) is 55.8 Å². The highest BCUT2D eigenvalue weighted by Crippen LogP contribution is 2.61. The number of nitrogens with zero attached hydrogens (tertiary/aromatic N) is 1. The molecule has 1 N–H and O–H groups in total. The van der Waals surface area contributed by atoms with Gasteiger partial charge in [0.2, 0.25) is 11.8 Å². The minimum atomic E-state index is -6.03. The average Bonchev–Trinajstić information content (AvgIpc) is 3.16. The number of hydrogen-bond acceptors (Lipinski definition) is 4. The third kappa shape index (κ3) is 2.44. The highest BCUT2D eigenvalue weighted by molar-refractivity contribution is 6.23. The monoisotopic (exact) mass is 437 g/mol. The zero-order chi connectivity index (χ0) is 22.5. The predicted octanol–water partition coefficient (Wildman–Crippen LogP) is 3.45. The lowest BCUT2D eigenvalue weighted by molar-refractivity contribution is -0.376. The highest BCUT2D eigenvalue weighted by Gasteiger charge is 2.73. The number of ether oxygens (including phenoxy) is 1. The molecule has 0 saturated carbocycles. The van der Waals surface area contributed by atoms with Crippen molar-refractivity contribution in [2.75, 3.05) is 4.90 Å². The van der Waals surface area contributed by atoms with Crippen LogP contribution in [-0.2, 0) is 19.9 Å². The quantitative estimate of drug-likeness (QED) is 0.569. The third-order valence-electron chi connectivity index (χ3n) is 6.57. The van der Waals surface area contributed by atoms with E-state index in [4.69, 9.17) is 4.74 Å². The number of carbonyl (C=O) groups is 2. The van der Waals surface area contributed by atoms with Crippen LogP contribution in [0.15, 0.2) is 24.3 Å². The summed E-state index contributed by atoms with van der Waals surface area (Å²) in [5.74, 6) is -2.76. The minimum Gasteiger partial charge on any atom is -0.369 e. The Morgan fingerprint density at radius 1 is 0.900 bits per heavy atom. The van der Waals surface area contributed by atoms with E-state index in [-0.39, 0.29) is 5.69 Å². The molecule has 4 rings (SSSR count). The summed E-state index contributed by atoms with van der Waals surface area (Å²) < 4.78 is 84.2. The first kappa shape index (κ1) is 21.1. The van der Waals surface area contributed by atoms with Gasteiger partial charge in [0.1, 0.15) is 0 Å². The molecule has 2 unspecified atom stereocenters. The molecule has 3 aliphatic heterocycles. The van der Waals surface area contributed by atoms with Gasteiger partial charge in [-0.25, -0.2) is 4.90 Å². The molecule has 1 aromatic carbocycles. The van der Waals surface area contributed by atoms with Gasteiger partial charge in [0, 0.05) is 5.56 Å². The average molecular weight is 437 g/mol. The molecule has 1 aromatic rings. The zero-order valence-electron chi connectivity index (χ0n) is 15.8. The molecule has 2 amide bonds. The molecule has 0 aromatic heterocycles. The lowest BCUT2D eigenvalue weighted by Gasteiger charge is -2.33. The van der Waals surface area contributed by atoms with Gasteiger partial charge in [0.25, 0.3) is 5.60 Å². The van der Waals surface area contributed by atoms with E-state index in [1.165, 1.54) is 0 Å². The Bertz CT molecular complexity index is 878. The van der Waals surface area contributed by atoms with E-state index in [1.54, 1.807) is 13.8 Å². The van der Waals surface area contributed by atoms with Crippen LogP contribution in [0.1, 0.15) is 32.3 Å². The van der Waals surface area contributed by atoms with E-state index in [9.17, 15) is 41.0 Å². The Morgan fingerprint density at radius 2 is 1.30 bits per heavy atom. The molecule has 2 bridgehead atoms. The molecule has 4 atom stereocenters. The smallest absolute Gasteiger partial charge is 0.369 e. The highest BCUT2D eigenvalue weighted by atomic mass is 19.4. The van der Waals surface area contributed by atoms with E-state index in [0.717, 1.165) is 17.0 Å². The Kier molecular flexibility index (Phi) is 4.05. The summed E-state index contributed by atoms with van der Waals surface area (Å²) in [6.07, 6.45) is -10.9. The molecule has 11 heteroatoms. The van der Waals surface area contributed by atoms with Gasteiger partial charge >= 0.3 is 12.4 Å². The number of aliphatic hydroxyl groups is 1. The van der Waals surface area contributed by atoms with Gasteiger partial charge in [0.15, 0.2) is 0 Å². The molecule has 3 aliphatic rings. The number of amides is 2. The van der Waals surface area contributed by atoms with Crippen LogP contribution in [0.5, 0.6) is 0 Å². The standard InChI is InChI=1S/C19H17F6NO4/c1-15-7-8-16(2,30-15)12-11(15)13(27)26(14(12)28)10-5-3-9(4-6-10)17(29,18(20,21)22)19(23,24)25/h3-6,11-12,29H,7-8H2,1-2H3/t11-,12+,15?,16?. The third-order valence-corrected chi connectivity index (χ3v) is 6.57. The minimum absolute atomic E-state index is 0.165. The van der Waals surface area contributed by atoms with E-state index in [0.29, 0.717) is 25.0 Å². The first-order chi connectivity index (χ1) is 13.6. The van der Waals surface area contributed by atoms with Crippen LogP contribution in [0.3, 0.4) is 0 Å². The molecule has 0 radical (unpaired) electrons. The summed E-state index contributed by atoms with van der Waals surface area (Å²) in [4.78, 5) is 26.7. The van der Waals surface area contributed by atoms with Crippen LogP contribution in [0.25, 0.3) is 0 Å². The fraction of sp³-hybridized carbons (Fsp3) is 0.579. The van der Waals surface area contributed by atoms with Crippen molar-refractivity contribution >= 4 is 17.5 Å². The van der Waals surface area contributed by atoms with E-state index in [1.807, 2.05) is 0 Å². The number of imide groups is 1. The van der Waals surface area contributed by atoms with Crippen LogP contribution in [0.2, 0.25) is 0 Å². The molecule has 3 heterocycles. The molecule has 5 nitrogen and oxygen atoms in total. The maximum atomic E-state index is 13.0. The first-order valence-corrected chi connectivity index (χ1v) is 9.11. The summed E-state index contributed by atoms with van der Waals surface area (Å²) >= 11 is 0. The topological polar surface area (TPSA) is 66.8 Å². The SMILES string of the molecule is CC12CCC(C)(O1)[C@H]1C(=O)N(c3ccc(C(O)(C(F)(F)F)C(F)(F)F)cc3)C(=O)[C@H]12. The molecule has 3 saturated heterocycles. The van der Waals surface area contributed by atoms with Gasteiger partial charge in [-0.1, -0.05) is 12.1 Å². The van der Waals surface area contributed by atoms with Crippen LogP contribution in [0, 0.1) is 11.8 Å². The van der Waals surface area contributed by atoms with Crippen molar-refractivity contribution in [2.24, 2.45) is 11.8 Å². The number of halogens is 6. The number of anilines is 1. The fourth-order valence-electron chi connectivity index (χ4n) is 5.06. The molecule has 0 spiro atoms. The Labute approximate surface area is 166 Å². The maximum Gasteiger partial charge on any atom is 0.430 e. The second kappa shape index (κ2) is 5.76. The summed E-state index contributed by atoms with van der Waals surface area (Å²) in [6.45, 7) is 3.43. The second-order valence-electron chi connectivity index (χ2n) is 8.45. The number of benzene rings is 1. The van der Waals surface area contributed by atoms with Crippen molar-refractivity contribution in [1.82, 2.24) is 0 Å². The number of carbonyl (C=O) groups excluding carboxylic acids is 2. The van der Waals surface area contributed by atoms with Gasteiger partial charge in [-0.2, -0.15) is 26.3 Å².